The van der Waals surface area contributed by atoms with E-state index in [0.29, 0.717) is 18.2 Å². The second-order valence-electron chi connectivity index (χ2n) is 4.88. The molecule has 0 saturated carbocycles. The van der Waals surface area contributed by atoms with Gasteiger partial charge in [-0.15, -0.1) is 0 Å². The zero-order valence-corrected chi connectivity index (χ0v) is 12.8. The Hall–Kier alpha value is -2.34. The maximum Gasteiger partial charge on any atom is 0.148 e. The molecule has 0 atom stereocenters. The van der Waals surface area contributed by atoms with Crippen molar-refractivity contribution in [1.82, 2.24) is 9.97 Å². The van der Waals surface area contributed by atoms with E-state index in [0.717, 1.165) is 22.7 Å². The van der Waals surface area contributed by atoms with Gasteiger partial charge in [-0.3, -0.25) is 0 Å². The minimum Gasteiger partial charge on any atom is -0.496 e. The summed E-state index contributed by atoms with van der Waals surface area (Å²) < 4.78 is 5.39. The van der Waals surface area contributed by atoms with E-state index in [4.69, 9.17) is 10.6 Å². The summed E-state index contributed by atoms with van der Waals surface area (Å²) in [4.78, 5) is 10.8. The predicted octanol–water partition coefficient (Wildman–Crippen LogP) is 2.02. The SMILES string of the molecule is COc1ccccc1CN(C)c1nc(C)nc(NN)c1C. The van der Waals surface area contributed by atoms with Gasteiger partial charge in [-0.2, -0.15) is 0 Å². The molecule has 0 radical (unpaired) electrons. The molecule has 0 fully saturated rings. The van der Waals surface area contributed by atoms with Crippen LogP contribution in [0.25, 0.3) is 0 Å². The lowest BCUT2D eigenvalue weighted by atomic mass is 10.2. The maximum atomic E-state index is 5.51. The number of nitrogens with two attached hydrogens (primary N) is 1. The molecule has 0 amide bonds. The Balaban J connectivity index is 2.32. The second kappa shape index (κ2) is 6.41. The van der Waals surface area contributed by atoms with Gasteiger partial charge in [0.25, 0.3) is 0 Å². The minimum absolute atomic E-state index is 0.643. The number of nitrogens with one attached hydrogen (secondary N) is 1. The van der Waals surface area contributed by atoms with Gasteiger partial charge in [0, 0.05) is 24.7 Å². The lowest BCUT2D eigenvalue weighted by Crippen LogP contribution is -2.22. The highest BCUT2D eigenvalue weighted by Crippen LogP contribution is 2.25. The molecule has 2 aromatic rings. The van der Waals surface area contributed by atoms with Crippen LogP contribution in [-0.4, -0.2) is 24.1 Å². The van der Waals surface area contributed by atoms with E-state index in [1.54, 1.807) is 7.11 Å². The van der Waals surface area contributed by atoms with Gasteiger partial charge in [-0.1, -0.05) is 18.2 Å². The Kier molecular flexibility index (Phi) is 4.59. The highest BCUT2D eigenvalue weighted by Gasteiger charge is 2.14. The number of hydrazine groups is 1. The summed E-state index contributed by atoms with van der Waals surface area (Å²) in [6, 6.07) is 7.95. The van der Waals surface area contributed by atoms with Crippen molar-refractivity contribution in [3.8, 4) is 5.75 Å². The van der Waals surface area contributed by atoms with E-state index in [9.17, 15) is 0 Å². The largest absolute Gasteiger partial charge is 0.496 e. The van der Waals surface area contributed by atoms with E-state index < -0.39 is 0 Å². The predicted molar refractivity (Wildman–Crippen MR) is 84.4 cm³/mol. The average Bonchev–Trinajstić information content (AvgIpc) is 2.49. The van der Waals surface area contributed by atoms with E-state index in [2.05, 4.69) is 20.3 Å². The molecular weight excluding hydrogens is 266 g/mol. The number of hydrogen-bond acceptors (Lipinski definition) is 6. The van der Waals surface area contributed by atoms with E-state index in [-0.39, 0.29) is 0 Å². The third-order valence-corrected chi connectivity index (χ3v) is 3.33. The van der Waals surface area contributed by atoms with Crippen LogP contribution in [0.3, 0.4) is 0 Å². The quantitative estimate of drug-likeness (QED) is 0.647. The van der Waals surface area contributed by atoms with Crippen LogP contribution in [0.1, 0.15) is 17.0 Å². The van der Waals surface area contributed by atoms with Crippen LogP contribution in [0.4, 0.5) is 11.6 Å². The van der Waals surface area contributed by atoms with E-state index in [1.807, 2.05) is 45.2 Å². The number of hydrogen-bond donors (Lipinski definition) is 2. The molecule has 0 aliphatic rings. The molecular formula is C15H21N5O. The first-order valence-electron chi connectivity index (χ1n) is 6.71. The number of methoxy groups -OCH3 is 1. The lowest BCUT2D eigenvalue weighted by molar-refractivity contribution is 0.409. The maximum absolute atomic E-state index is 5.51. The molecule has 112 valence electrons. The molecule has 0 aliphatic heterocycles. The molecule has 1 heterocycles. The molecule has 0 unspecified atom stereocenters. The molecule has 1 aromatic carbocycles. The molecule has 6 heteroatoms. The fourth-order valence-electron chi connectivity index (χ4n) is 2.29. The Morgan fingerprint density at radius 3 is 2.62 bits per heavy atom. The van der Waals surface area contributed by atoms with Gasteiger partial charge < -0.3 is 15.1 Å². The van der Waals surface area contributed by atoms with Gasteiger partial charge >= 0.3 is 0 Å². The average molecular weight is 287 g/mol. The molecule has 1 aromatic heterocycles. The van der Waals surface area contributed by atoms with Crippen LogP contribution in [-0.2, 0) is 6.54 Å². The topological polar surface area (TPSA) is 76.3 Å². The Labute approximate surface area is 124 Å². The fraction of sp³-hybridized carbons (Fsp3) is 0.333. The number of benzene rings is 1. The molecule has 0 aliphatic carbocycles. The normalized spacial score (nSPS) is 10.3. The Bertz CT molecular complexity index is 629. The summed E-state index contributed by atoms with van der Waals surface area (Å²) in [5.74, 6) is 8.54. The number of para-hydroxylation sites is 1. The first-order valence-corrected chi connectivity index (χ1v) is 6.71. The van der Waals surface area contributed by atoms with Crippen molar-refractivity contribution in [2.24, 2.45) is 5.84 Å². The number of rotatable bonds is 5. The Morgan fingerprint density at radius 2 is 1.95 bits per heavy atom. The van der Waals surface area contributed by atoms with E-state index in [1.165, 1.54) is 0 Å². The van der Waals surface area contributed by atoms with Crippen LogP contribution in [0.5, 0.6) is 5.75 Å². The number of ether oxygens (including phenoxy) is 1. The van der Waals surface area contributed by atoms with Gasteiger partial charge in [0.1, 0.15) is 23.2 Å². The van der Waals surface area contributed by atoms with Crippen molar-refractivity contribution >= 4 is 11.6 Å². The molecule has 2 rings (SSSR count). The van der Waals surface area contributed by atoms with Crippen molar-refractivity contribution in [1.29, 1.82) is 0 Å². The third-order valence-electron chi connectivity index (χ3n) is 3.33. The first-order chi connectivity index (χ1) is 10.1. The van der Waals surface area contributed by atoms with E-state index >= 15 is 0 Å². The summed E-state index contributed by atoms with van der Waals surface area (Å²) in [5.41, 5.74) is 4.63. The third kappa shape index (κ3) is 3.22. The highest BCUT2D eigenvalue weighted by atomic mass is 16.5. The van der Waals surface area contributed by atoms with Gasteiger partial charge in [-0.05, 0) is 19.9 Å². The lowest BCUT2D eigenvalue weighted by Gasteiger charge is -2.22. The smallest absolute Gasteiger partial charge is 0.148 e. The standard InChI is InChI=1S/C15H21N5O/c1-10-14(19-16)17-11(2)18-15(10)20(3)9-12-7-5-6-8-13(12)21-4/h5-8H,9,16H2,1-4H3,(H,17,18,19). The molecule has 3 N–H and O–H groups in total. The zero-order chi connectivity index (χ0) is 15.4. The van der Waals surface area contributed by atoms with Gasteiger partial charge in [0.05, 0.1) is 7.11 Å². The van der Waals surface area contributed by atoms with Crippen molar-refractivity contribution in [3.63, 3.8) is 0 Å². The fourth-order valence-corrected chi connectivity index (χ4v) is 2.29. The molecule has 0 spiro atoms. The minimum atomic E-state index is 0.643. The molecule has 21 heavy (non-hydrogen) atoms. The van der Waals surface area contributed by atoms with Crippen LogP contribution in [0.2, 0.25) is 0 Å². The highest BCUT2D eigenvalue weighted by molar-refractivity contribution is 5.58. The van der Waals surface area contributed by atoms with Crippen molar-refractivity contribution in [2.75, 3.05) is 24.5 Å². The van der Waals surface area contributed by atoms with Crippen LogP contribution >= 0.6 is 0 Å². The van der Waals surface area contributed by atoms with Crippen molar-refractivity contribution in [2.45, 2.75) is 20.4 Å². The molecule has 0 saturated heterocycles. The summed E-state index contributed by atoms with van der Waals surface area (Å²) in [7, 11) is 3.66. The monoisotopic (exact) mass is 287 g/mol. The van der Waals surface area contributed by atoms with Gasteiger partial charge in [-0.25, -0.2) is 15.8 Å². The van der Waals surface area contributed by atoms with Gasteiger partial charge in [0.2, 0.25) is 0 Å². The number of anilines is 2. The molecule has 0 bridgehead atoms. The van der Waals surface area contributed by atoms with Crippen LogP contribution in [0.15, 0.2) is 24.3 Å². The summed E-state index contributed by atoms with van der Waals surface area (Å²) in [6.45, 7) is 4.48. The summed E-state index contributed by atoms with van der Waals surface area (Å²) >= 11 is 0. The van der Waals surface area contributed by atoms with Gasteiger partial charge in [0.15, 0.2) is 0 Å². The molecule has 6 nitrogen and oxygen atoms in total. The van der Waals surface area contributed by atoms with Crippen LogP contribution in [0, 0.1) is 13.8 Å². The Morgan fingerprint density at radius 1 is 1.24 bits per heavy atom. The number of nitrogen functional groups attached to an aromatic ring is 1. The summed E-state index contributed by atoms with van der Waals surface area (Å²) in [6.07, 6.45) is 0. The first kappa shape index (κ1) is 15.1. The van der Waals surface area contributed by atoms with Crippen molar-refractivity contribution < 1.29 is 4.74 Å². The summed E-state index contributed by atoms with van der Waals surface area (Å²) in [5, 5.41) is 0. The second-order valence-corrected chi connectivity index (χ2v) is 4.88. The number of aryl methyl sites for hydroxylation is 1. The zero-order valence-electron chi connectivity index (χ0n) is 12.8. The number of nitrogens with zero attached hydrogens (tertiary/aromatic N) is 3. The number of aromatic nitrogens is 2. The van der Waals surface area contributed by atoms with Crippen LogP contribution < -0.4 is 20.9 Å². The van der Waals surface area contributed by atoms with Crippen molar-refractivity contribution in [3.05, 3.63) is 41.2 Å².